The van der Waals surface area contributed by atoms with Gasteiger partial charge in [-0.2, -0.15) is 0 Å². The van der Waals surface area contributed by atoms with E-state index in [1.807, 2.05) is 22.7 Å². The summed E-state index contributed by atoms with van der Waals surface area (Å²) in [7, 11) is 0. The van der Waals surface area contributed by atoms with Crippen molar-refractivity contribution in [3.8, 4) is 0 Å². The van der Waals surface area contributed by atoms with Crippen molar-refractivity contribution in [1.82, 2.24) is 18.8 Å². The Balaban J connectivity index is 0.997. The first-order valence-electron chi connectivity index (χ1n) is 20.8. The minimum absolute atomic E-state index is 0.853. The third-order valence-electron chi connectivity index (χ3n) is 11.5. The van der Waals surface area contributed by atoms with E-state index in [0.29, 0.717) is 0 Å². The third-order valence-corrected chi connectivity index (χ3v) is 15.8. The SMILES string of the molecule is CCCCCCCCCCCCc1cc2c(nc3c4ccc5c(=S)n6c7cc(CCCCCCCCCCCC)sc7nc6c6sc(c(=S)n23)c4c56)s1. The molecule has 4 nitrogen and oxygen atoms in total. The Morgan fingerprint density at radius 2 is 0.925 bits per heavy atom. The monoisotopic (exact) mass is 798 g/mol. The molecule has 0 fully saturated rings. The van der Waals surface area contributed by atoms with Crippen LogP contribution in [0.25, 0.3) is 62.9 Å². The number of pyridine rings is 2. The molecule has 0 bridgehead atoms. The van der Waals surface area contributed by atoms with Gasteiger partial charge >= 0.3 is 0 Å². The molecule has 0 atom stereocenters. The highest BCUT2D eigenvalue weighted by Gasteiger charge is 2.24. The summed E-state index contributed by atoms with van der Waals surface area (Å²) >= 11 is 18.1. The van der Waals surface area contributed by atoms with Gasteiger partial charge in [0.25, 0.3) is 0 Å². The highest BCUT2D eigenvalue weighted by molar-refractivity contribution is 7.72. The molecule has 0 amide bonds. The summed E-state index contributed by atoms with van der Waals surface area (Å²) < 4.78 is 8.56. The van der Waals surface area contributed by atoms with Crippen LogP contribution in [0, 0.1) is 9.28 Å². The van der Waals surface area contributed by atoms with E-state index in [0.717, 1.165) is 69.6 Å². The number of imidazole rings is 2. The number of fused-ring (bicyclic) bond motifs is 8. The van der Waals surface area contributed by atoms with Crippen LogP contribution >= 0.6 is 58.4 Å². The number of hydrogen-bond donors (Lipinski definition) is 0. The maximum absolute atomic E-state index is 6.31. The van der Waals surface area contributed by atoms with E-state index in [9.17, 15) is 0 Å². The van der Waals surface area contributed by atoms with Gasteiger partial charge in [-0.1, -0.05) is 160 Å². The van der Waals surface area contributed by atoms with Gasteiger partial charge in [0.05, 0.1) is 20.4 Å². The van der Waals surface area contributed by atoms with E-state index in [-0.39, 0.29) is 0 Å². The molecular formula is C44H54N4S5. The Kier molecular flexibility index (Phi) is 12.2. The van der Waals surface area contributed by atoms with Crippen LogP contribution in [0.5, 0.6) is 0 Å². The average Bonchev–Trinajstić information content (AvgIpc) is 3.97. The van der Waals surface area contributed by atoms with Crippen molar-refractivity contribution in [3.05, 3.63) is 43.3 Å². The summed E-state index contributed by atoms with van der Waals surface area (Å²) in [5.74, 6) is 0. The number of thiophene rings is 3. The van der Waals surface area contributed by atoms with Crippen LogP contribution in [0.15, 0.2) is 24.3 Å². The number of unbranched alkanes of at least 4 members (excludes halogenated alkanes) is 18. The number of nitrogens with zero attached hydrogens (tertiary/aromatic N) is 4. The number of rotatable bonds is 22. The van der Waals surface area contributed by atoms with E-state index in [2.05, 4.69) is 46.9 Å². The second-order valence-electron chi connectivity index (χ2n) is 15.5. The maximum atomic E-state index is 6.31. The van der Waals surface area contributed by atoms with Gasteiger partial charge in [-0.05, 0) is 43.9 Å². The van der Waals surface area contributed by atoms with Gasteiger partial charge in [0.2, 0.25) is 0 Å². The minimum Gasteiger partial charge on any atom is -0.280 e. The van der Waals surface area contributed by atoms with Crippen molar-refractivity contribution in [2.45, 2.75) is 155 Å². The minimum atomic E-state index is 0.853. The molecule has 0 saturated heterocycles. The Bertz CT molecular complexity index is 2560. The van der Waals surface area contributed by atoms with Crippen LogP contribution in [-0.2, 0) is 12.8 Å². The maximum Gasteiger partial charge on any atom is 0.158 e. The molecule has 0 saturated carbocycles. The normalized spacial score (nSPS) is 12.6. The zero-order valence-corrected chi connectivity index (χ0v) is 35.8. The van der Waals surface area contributed by atoms with E-state index >= 15 is 0 Å². The Morgan fingerprint density at radius 3 is 1.45 bits per heavy atom. The Hall–Kier alpha value is -2.30. The fraction of sp³-hybridized carbons (Fsp3) is 0.545. The zero-order chi connectivity index (χ0) is 36.3. The molecule has 0 spiro atoms. The molecule has 0 aliphatic carbocycles. The van der Waals surface area contributed by atoms with Crippen molar-refractivity contribution in [2.24, 2.45) is 0 Å². The fourth-order valence-electron chi connectivity index (χ4n) is 8.58. The molecule has 8 rings (SSSR count). The summed E-state index contributed by atoms with van der Waals surface area (Å²) in [4.78, 5) is 15.6. The molecule has 7 heterocycles. The summed E-state index contributed by atoms with van der Waals surface area (Å²) in [6.07, 6.45) is 29.6. The predicted octanol–water partition coefficient (Wildman–Crippen LogP) is 16.2. The smallest absolute Gasteiger partial charge is 0.158 e. The molecule has 0 N–H and O–H groups in total. The fourth-order valence-corrected chi connectivity index (χ4v) is 12.7. The van der Waals surface area contributed by atoms with Crippen LogP contribution in [-0.4, -0.2) is 18.8 Å². The first-order valence-corrected chi connectivity index (χ1v) is 24.1. The highest BCUT2D eigenvalue weighted by atomic mass is 32.1. The van der Waals surface area contributed by atoms with Crippen LogP contribution in [0.3, 0.4) is 0 Å². The lowest BCUT2D eigenvalue weighted by Crippen LogP contribution is -1.92. The van der Waals surface area contributed by atoms with E-state index in [1.165, 1.54) is 154 Å². The standard InChI is InChI=1S/C44H54N4S5/c1-3-5-7-9-11-13-15-17-19-21-23-29-27-33-41(51-29)45-39-31-25-26-32-36-35(31)38(44(50)47(33)39)53-37(36)40-46-42-34(48(40)43(32)49)28-30(52-42)24-22-20-18-16-14-12-10-8-6-4-2/h25-28H,3-24H2,1-2H3. The molecule has 0 unspecified atom stereocenters. The van der Waals surface area contributed by atoms with Gasteiger partial charge in [0, 0.05) is 31.3 Å². The molecule has 0 radical (unpaired) electrons. The number of benzene rings is 1. The van der Waals surface area contributed by atoms with Gasteiger partial charge in [-0.25, -0.2) is 9.97 Å². The van der Waals surface area contributed by atoms with Crippen molar-refractivity contribution >= 4 is 121 Å². The Morgan fingerprint density at radius 1 is 0.491 bits per heavy atom. The molecule has 0 aliphatic heterocycles. The van der Waals surface area contributed by atoms with Gasteiger partial charge < -0.3 is 0 Å². The number of aromatic nitrogens is 4. The van der Waals surface area contributed by atoms with Crippen molar-refractivity contribution in [1.29, 1.82) is 0 Å². The van der Waals surface area contributed by atoms with Gasteiger partial charge in [-0.3, -0.25) is 8.80 Å². The molecule has 53 heavy (non-hydrogen) atoms. The van der Waals surface area contributed by atoms with Crippen molar-refractivity contribution < 1.29 is 0 Å². The molecule has 280 valence electrons. The summed E-state index contributed by atoms with van der Waals surface area (Å²) in [6.45, 7) is 4.58. The van der Waals surface area contributed by atoms with Crippen LogP contribution in [0.4, 0.5) is 0 Å². The number of hydrogen-bond acceptors (Lipinski definition) is 7. The van der Waals surface area contributed by atoms with E-state index in [4.69, 9.17) is 34.4 Å². The molecule has 8 aromatic rings. The molecule has 7 aromatic heterocycles. The van der Waals surface area contributed by atoms with E-state index < -0.39 is 0 Å². The molecule has 0 aliphatic rings. The third kappa shape index (κ3) is 7.51. The average molecular weight is 799 g/mol. The van der Waals surface area contributed by atoms with Crippen LogP contribution < -0.4 is 0 Å². The van der Waals surface area contributed by atoms with Crippen molar-refractivity contribution in [2.75, 3.05) is 0 Å². The lowest BCUT2D eigenvalue weighted by Gasteiger charge is -2.06. The quantitative estimate of drug-likeness (QED) is 0.0389. The van der Waals surface area contributed by atoms with Crippen LogP contribution in [0.1, 0.15) is 152 Å². The van der Waals surface area contributed by atoms with Gasteiger partial charge in [0.1, 0.15) is 24.6 Å². The predicted molar refractivity (Wildman–Crippen MR) is 240 cm³/mol. The lowest BCUT2D eigenvalue weighted by atomic mass is 10.0. The highest BCUT2D eigenvalue weighted by Crippen LogP contribution is 2.46. The van der Waals surface area contributed by atoms with Gasteiger partial charge in [-0.15, -0.1) is 34.0 Å². The molecular weight excluding hydrogens is 745 g/mol. The number of aryl methyl sites for hydroxylation is 2. The lowest BCUT2D eigenvalue weighted by molar-refractivity contribution is 0.557. The Labute approximate surface area is 336 Å². The van der Waals surface area contributed by atoms with Gasteiger partial charge in [0.15, 0.2) is 5.65 Å². The second-order valence-corrected chi connectivity index (χ2v) is 19.5. The second kappa shape index (κ2) is 17.2. The first-order chi connectivity index (χ1) is 26.1. The van der Waals surface area contributed by atoms with E-state index in [1.54, 1.807) is 11.3 Å². The summed E-state index contributed by atoms with van der Waals surface area (Å²) in [6, 6.07) is 9.19. The van der Waals surface area contributed by atoms with Crippen molar-refractivity contribution in [3.63, 3.8) is 0 Å². The van der Waals surface area contributed by atoms with Crippen LogP contribution in [0.2, 0.25) is 0 Å². The molecule has 9 heteroatoms. The summed E-state index contributed by atoms with van der Waals surface area (Å²) in [5, 5.41) is 4.71. The summed E-state index contributed by atoms with van der Waals surface area (Å²) in [5.41, 5.74) is 4.28. The zero-order valence-electron chi connectivity index (χ0n) is 31.7. The topological polar surface area (TPSA) is 34.6 Å². The first kappa shape index (κ1) is 37.6. The molecule has 1 aromatic carbocycles. The largest absolute Gasteiger partial charge is 0.280 e.